The van der Waals surface area contributed by atoms with E-state index in [1.54, 1.807) is 19.4 Å². The first kappa shape index (κ1) is 11.3. The Bertz CT molecular complexity index is 517. The molecule has 0 aliphatic rings. The molecule has 2 rings (SSSR count). The van der Waals surface area contributed by atoms with Gasteiger partial charge in [0.1, 0.15) is 11.5 Å². The minimum Gasteiger partial charge on any atom is -0.481 e. The molecule has 6 nitrogen and oxygen atoms in total. The van der Waals surface area contributed by atoms with Crippen molar-refractivity contribution in [3.05, 3.63) is 24.2 Å². The van der Waals surface area contributed by atoms with E-state index in [1.807, 2.05) is 13.0 Å². The van der Waals surface area contributed by atoms with Crippen molar-refractivity contribution in [2.45, 2.75) is 13.3 Å². The van der Waals surface area contributed by atoms with Crippen LogP contribution in [0.4, 0.5) is 5.82 Å². The van der Waals surface area contributed by atoms with Gasteiger partial charge in [0.05, 0.1) is 7.11 Å². The zero-order valence-electron chi connectivity index (χ0n) is 9.84. The van der Waals surface area contributed by atoms with Crippen molar-refractivity contribution >= 4 is 5.82 Å². The van der Waals surface area contributed by atoms with Gasteiger partial charge in [-0.15, -0.1) is 0 Å². The molecule has 0 fully saturated rings. The van der Waals surface area contributed by atoms with Crippen molar-refractivity contribution in [1.29, 1.82) is 0 Å². The lowest BCUT2D eigenvalue weighted by atomic mass is 10.2. The first-order chi connectivity index (χ1) is 8.17. The number of rotatable bonds is 3. The number of aromatic nitrogens is 3. The van der Waals surface area contributed by atoms with Gasteiger partial charge in [-0.2, -0.15) is 0 Å². The number of ether oxygens (including phenoxy) is 1. The second kappa shape index (κ2) is 4.32. The summed E-state index contributed by atoms with van der Waals surface area (Å²) in [6, 6.07) is 3.61. The average molecular weight is 233 g/mol. The number of hydrogen-bond donors (Lipinski definition) is 2. The van der Waals surface area contributed by atoms with Gasteiger partial charge in [-0.05, 0) is 6.07 Å². The number of anilines is 1. The number of imidazole rings is 1. The fourth-order valence-corrected chi connectivity index (χ4v) is 1.60. The Morgan fingerprint density at radius 3 is 2.65 bits per heavy atom. The normalized spacial score (nSPS) is 10.5. The molecular weight excluding hydrogens is 218 g/mol. The lowest BCUT2D eigenvalue weighted by molar-refractivity contribution is 0.398. The van der Waals surface area contributed by atoms with E-state index >= 15 is 0 Å². The zero-order valence-corrected chi connectivity index (χ0v) is 9.84. The lowest BCUT2D eigenvalue weighted by Crippen LogP contribution is -2.14. The number of nitrogen functional groups attached to an aromatic ring is 2. The summed E-state index contributed by atoms with van der Waals surface area (Å²) in [5.41, 5.74) is 7.37. The summed E-state index contributed by atoms with van der Waals surface area (Å²) in [6.45, 7) is 1.97. The van der Waals surface area contributed by atoms with Crippen LogP contribution in [0.3, 0.4) is 0 Å². The molecule has 0 unspecified atom stereocenters. The average Bonchev–Trinajstić information content (AvgIpc) is 2.66. The van der Waals surface area contributed by atoms with Crippen LogP contribution in [0.15, 0.2) is 18.3 Å². The van der Waals surface area contributed by atoms with Crippen LogP contribution in [0.2, 0.25) is 0 Å². The van der Waals surface area contributed by atoms with Gasteiger partial charge < -0.3 is 16.3 Å². The Hall–Kier alpha value is -2.24. The number of nitrogens with zero attached hydrogens (tertiary/aromatic N) is 3. The molecule has 4 N–H and O–H groups in total. The Morgan fingerprint density at radius 2 is 2.18 bits per heavy atom. The van der Waals surface area contributed by atoms with E-state index in [1.165, 1.54) is 4.68 Å². The molecule has 90 valence electrons. The molecular formula is C11H15N5O. The first-order valence-electron chi connectivity index (χ1n) is 5.30. The maximum absolute atomic E-state index is 5.90. The van der Waals surface area contributed by atoms with Crippen LogP contribution in [0.25, 0.3) is 11.3 Å². The van der Waals surface area contributed by atoms with E-state index in [9.17, 15) is 0 Å². The number of pyridine rings is 1. The van der Waals surface area contributed by atoms with Gasteiger partial charge in [0.2, 0.25) is 5.88 Å². The third-order valence-electron chi connectivity index (χ3n) is 2.56. The predicted octanol–water partition coefficient (Wildman–Crippen LogP) is 0.812. The highest BCUT2D eigenvalue weighted by atomic mass is 16.5. The largest absolute Gasteiger partial charge is 0.481 e. The second-order valence-corrected chi connectivity index (χ2v) is 3.57. The molecule has 17 heavy (non-hydrogen) atoms. The highest BCUT2D eigenvalue weighted by Gasteiger charge is 2.13. The molecule has 2 heterocycles. The van der Waals surface area contributed by atoms with E-state index in [-0.39, 0.29) is 0 Å². The highest BCUT2D eigenvalue weighted by Crippen LogP contribution is 2.25. The number of methoxy groups -OCH3 is 1. The molecule has 0 amide bonds. The maximum Gasteiger partial charge on any atom is 0.212 e. The molecule has 0 aliphatic heterocycles. The van der Waals surface area contributed by atoms with Gasteiger partial charge in [-0.1, -0.05) is 6.92 Å². The quantitative estimate of drug-likeness (QED) is 0.765. The number of aryl methyl sites for hydroxylation is 1. The lowest BCUT2D eigenvalue weighted by Gasteiger charge is -2.01. The van der Waals surface area contributed by atoms with Gasteiger partial charge in [0.25, 0.3) is 0 Å². The molecule has 0 saturated heterocycles. The highest BCUT2D eigenvalue weighted by molar-refractivity contribution is 5.70. The topological polar surface area (TPSA) is 92.0 Å². The zero-order chi connectivity index (χ0) is 12.4. The Balaban J connectivity index is 2.45. The molecule has 0 aliphatic carbocycles. The van der Waals surface area contributed by atoms with Gasteiger partial charge in [0.15, 0.2) is 5.82 Å². The summed E-state index contributed by atoms with van der Waals surface area (Å²) >= 11 is 0. The van der Waals surface area contributed by atoms with E-state index in [0.29, 0.717) is 17.4 Å². The van der Waals surface area contributed by atoms with Crippen molar-refractivity contribution in [3.63, 3.8) is 0 Å². The van der Waals surface area contributed by atoms with Crippen LogP contribution >= 0.6 is 0 Å². The van der Waals surface area contributed by atoms with Crippen molar-refractivity contribution in [2.75, 3.05) is 18.7 Å². The van der Waals surface area contributed by atoms with Crippen LogP contribution in [0.5, 0.6) is 5.88 Å². The van der Waals surface area contributed by atoms with Crippen LogP contribution in [0.1, 0.15) is 12.7 Å². The minimum absolute atomic E-state index is 0.439. The number of nitrogens with two attached hydrogens (primary N) is 2. The maximum atomic E-state index is 5.90. The van der Waals surface area contributed by atoms with Gasteiger partial charge in [0, 0.05) is 24.2 Å². The van der Waals surface area contributed by atoms with Crippen LogP contribution < -0.4 is 16.3 Å². The fourth-order valence-electron chi connectivity index (χ4n) is 1.60. The van der Waals surface area contributed by atoms with Gasteiger partial charge in [-0.25, -0.2) is 14.6 Å². The Morgan fingerprint density at radius 1 is 1.41 bits per heavy atom. The molecule has 0 saturated carbocycles. The predicted molar refractivity (Wildman–Crippen MR) is 66.0 cm³/mol. The SMILES string of the molecule is CCc1nc(-c2ccc(OC)nc2)c(N)n1N. The second-order valence-electron chi connectivity index (χ2n) is 3.57. The standard InChI is InChI=1S/C11H15N5O/c1-3-8-15-10(11(12)16(8)13)7-4-5-9(17-2)14-6-7/h4-6H,3,12-13H2,1-2H3. The molecule has 0 atom stereocenters. The molecule has 0 bridgehead atoms. The minimum atomic E-state index is 0.439. The van der Waals surface area contributed by atoms with Crippen molar-refractivity contribution in [2.24, 2.45) is 0 Å². The van der Waals surface area contributed by atoms with E-state index in [0.717, 1.165) is 17.8 Å². The summed E-state index contributed by atoms with van der Waals surface area (Å²) < 4.78 is 6.40. The Kier molecular flexibility index (Phi) is 2.86. The molecule has 2 aromatic rings. The molecule has 0 radical (unpaired) electrons. The van der Waals surface area contributed by atoms with E-state index < -0.39 is 0 Å². The summed E-state index contributed by atoms with van der Waals surface area (Å²) in [7, 11) is 1.57. The van der Waals surface area contributed by atoms with Gasteiger partial charge >= 0.3 is 0 Å². The van der Waals surface area contributed by atoms with Crippen LogP contribution in [-0.4, -0.2) is 21.8 Å². The van der Waals surface area contributed by atoms with E-state index in [2.05, 4.69) is 9.97 Å². The summed E-state index contributed by atoms with van der Waals surface area (Å²) in [5.74, 6) is 7.53. The summed E-state index contributed by atoms with van der Waals surface area (Å²) in [4.78, 5) is 8.50. The molecule has 6 heteroatoms. The van der Waals surface area contributed by atoms with Crippen molar-refractivity contribution in [1.82, 2.24) is 14.6 Å². The third kappa shape index (κ3) is 1.89. The van der Waals surface area contributed by atoms with Crippen molar-refractivity contribution in [3.8, 4) is 17.1 Å². The Labute approximate surface area is 99.2 Å². The number of hydrogen-bond acceptors (Lipinski definition) is 5. The fraction of sp³-hybridized carbons (Fsp3) is 0.273. The van der Waals surface area contributed by atoms with Crippen LogP contribution in [0, 0.1) is 0 Å². The molecule has 0 spiro atoms. The first-order valence-corrected chi connectivity index (χ1v) is 5.30. The summed E-state index contributed by atoms with van der Waals surface area (Å²) in [5, 5.41) is 0. The monoisotopic (exact) mass is 233 g/mol. The van der Waals surface area contributed by atoms with Crippen molar-refractivity contribution < 1.29 is 4.74 Å². The van der Waals surface area contributed by atoms with Gasteiger partial charge in [-0.3, -0.25) is 0 Å². The smallest absolute Gasteiger partial charge is 0.212 e. The molecule has 2 aromatic heterocycles. The molecule has 0 aromatic carbocycles. The third-order valence-corrected chi connectivity index (χ3v) is 2.56. The summed E-state index contributed by atoms with van der Waals surface area (Å²) in [6.07, 6.45) is 2.39. The van der Waals surface area contributed by atoms with Crippen LogP contribution in [-0.2, 0) is 6.42 Å². The van der Waals surface area contributed by atoms with E-state index in [4.69, 9.17) is 16.3 Å².